The Hall–Kier alpha value is -2.01. The van der Waals surface area contributed by atoms with Gasteiger partial charge in [-0.2, -0.15) is 0 Å². The second-order valence-electron chi connectivity index (χ2n) is 4.16. The zero-order valence-electron chi connectivity index (χ0n) is 10.9. The summed E-state index contributed by atoms with van der Waals surface area (Å²) in [6.45, 7) is 0.193. The number of methoxy groups -OCH3 is 1. The molecule has 2 N–H and O–H groups in total. The number of nitrogen functional groups attached to an aromatic ring is 1. The van der Waals surface area contributed by atoms with Crippen LogP contribution in [0.25, 0.3) is 0 Å². The number of hydrogen-bond donors (Lipinski definition) is 1. The molecule has 0 fully saturated rings. The van der Waals surface area contributed by atoms with Crippen molar-refractivity contribution in [3.05, 3.63) is 58.1 Å². The lowest BCUT2D eigenvalue weighted by Gasteiger charge is -2.08. The zero-order valence-corrected chi connectivity index (χ0v) is 12.5. The van der Waals surface area contributed by atoms with Crippen molar-refractivity contribution in [3.8, 4) is 5.75 Å². The summed E-state index contributed by atoms with van der Waals surface area (Å²) in [4.78, 5) is 11.9. The summed E-state index contributed by atoms with van der Waals surface area (Å²) in [5, 5.41) is 0. The van der Waals surface area contributed by atoms with Crippen LogP contribution in [-0.2, 0) is 11.3 Å². The number of carbonyl (C=O) groups excluding carboxylic acids is 1. The van der Waals surface area contributed by atoms with E-state index in [1.807, 2.05) is 24.3 Å². The van der Waals surface area contributed by atoms with Gasteiger partial charge in [-0.15, -0.1) is 0 Å². The molecule has 0 radical (unpaired) electrons. The maximum atomic E-state index is 11.9. The van der Waals surface area contributed by atoms with Crippen LogP contribution >= 0.6 is 15.9 Å². The third-order valence-corrected chi connectivity index (χ3v) is 3.26. The molecule has 20 heavy (non-hydrogen) atoms. The molecule has 0 aromatic heterocycles. The number of nitrogens with two attached hydrogens (primary N) is 1. The Morgan fingerprint density at radius 2 is 1.90 bits per heavy atom. The highest BCUT2D eigenvalue weighted by molar-refractivity contribution is 9.10. The summed E-state index contributed by atoms with van der Waals surface area (Å²) in [5.41, 5.74) is 7.42. The van der Waals surface area contributed by atoms with Crippen molar-refractivity contribution in [1.29, 1.82) is 0 Å². The standard InChI is InChI=1S/C15H14BrNO3/c1-19-12-5-2-10(3-6-12)9-20-15(18)13-7-4-11(16)8-14(13)17/h2-8H,9,17H2,1H3. The minimum Gasteiger partial charge on any atom is -0.497 e. The first-order valence-corrected chi connectivity index (χ1v) is 6.74. The Labute approximate surface area is 125 Å². The maximum absolute atomic E-state index is 11.9. The normalized spacial score (nSPS) is 10.1. The summed E-state index contributed by atoms with van der Waals surface area (Å²) in [5.74, 6) is 0.322. The van der Waals surface area contributed by atoms with Crippen LogP contribution in [0.4, 0.5) is 5.69 Å². The monoisotopic (exact) mass is 335 g/mol. The third-order valence-electron chi connectivity index (χ3n) is 2.76. The quantitative estimate of drug-likeness (QED) is 0.687. The van der Waals surface area contributed by atoms with Gasteiger partial charge < -0.3 is 15.2 Å². The van der Waals surface area contributed by atoms with Gasteiger partial charge in [0.25, 0.3) is 0 Å². The van der Waals surface area contributed by atoms with Gasteiger partial charge >= 0.3 is 5.97 Å². The summed E-state index contributed by atoms with van der Waals surface area (Å²) in [6.07, 6.45) is 0. The zero-order chi connectivity index (χ0) is 14.5. The van der Waals surface area contributed by atoms with E-state index in [0.29, 0.717) is 11.3 Å². The first kappa shape index (κ1) is 14.4. The van der Waals surface area contributed by atoms with Crippen LogP contribution in [0.2, 0.25) is 0 Å². The lowest BCUT2D eigenvalue weighted by molar-refractivity contribution is 0.0474. The number of esters is 1. The Kier molecular flexibility index (Phi) is 4.63. The fourth-order valence-corrected chi connectivity index (χ4v) is 2.05. The third kappa shape index (κ3) is 3.51. The second-order valence-corrected chi connectivity index (χ2v) is 5.07. The second kappa shape index (κ2) is 6.43. The Morgan fingerprint density at radius 3 is 2.50 bits per heavy atom. The van der Waals surface area contributed by atoms with E-state index in [2.05, 4.69) is 15.9 Å². The van der Waals surface area contributed by atoms with Gasteiger partial charge in [0.1, 0.15) is 12.4 Å². The molecule has 0 saturated carbocycles. The molecule has 0 spiro atoms. The van der Waals surface area contributed by atoms with E-state index < -0.39 is 5.97 Å². The van der Waals surface area contributed by atoms with E-state index in [-0.39, 0.29) is 6.61 Å². The fourth-order valence-electron chi connectivity index (χ4n) is 1.67. The van der Waals surface area contributed by atoms with Crippen molar-refractivity contribution < 1.29 is 14.3 Å². The molecular formula is C15H14BrNO3. The molecule has 0 aliphatic heterocycles. The molecule has 0 unspecified atom stereocenters. The molecule has 2 aromatic carbocycles. The summed E-state index contributed by atoms with van der Waals surface area (Å²) >= 11 is 3.29. The Balaban J connectivity index is 2.00. The number of carbonyl (C=O) groups is 1. The van der Waals surface area contributed by atoms with Gasteiger partial charge in [0.15, 0.2) is 0 Å². The van der Waals surface area contributed by atoms with Gasteiger partial charge in [-0.3, -0.25) is 0 Å². The van der Waals surface area contributed by atoms with Gasteiger partial charge in [0, 0.05) is 10.2 Å². The van der Waals surface area contributed by atoms with Crippen LogP contribution < -0.4 is 10.5 Å². The van der Waals surface area contributed by atoms with Crippen LogP contribution in [0, 0.1) is 0 Å². The van der Waals surface area contributed by atoms with Crippen molar-refractivity contribution >= 4 is 27.6 Å². The van der Waals surface area contributed by atoms with Crippen molar-refractivity contribution in [2.45, 2.75) is 6.61 Å². The van der Waals surface area contributed by atoms with Crippen LogP contribution in [0.5, 0.6) is 5.75 Å². The fraction of sp³-hybridized carbons (Fsp3) is 0.133. The summed E-state index contributed by atoms with van der Waals surface area (Å²) in [7, 11) is 1.60. The molecule has 104 valence electrons. The van der Waals surface area contributed by atoms with Crippen LogP contribution in [0.3, 0.4) is 0 Å². The minimum atomic E-state index is -0.439. The van der Waals surface area contributed by atoms with E-state index in [1.54, 1.807) is 25.3 Å². The van der Waals surface area contributed by atoms with Crippen molar-refractivity contribution in [1.82, 2.24) is 0 Å². The number of ether oxygens (including phenoxy) is 2. The van der Waals surface area contributed by atoms with Gasteiger partial charge in [0.05, 0.1) is 12.7 Å². The molecule has 0 heterocycles. The number of hydrogen-bond acceptors (Lipinski definition) is 4. The molecular weight excluding hydrogens is 322 g/mol. The van der Waals surface area contributed by atoms with Crippen LogP contribution in [0.15, 0.2) is 46.9 Å². The van der Waals surface area contributed by atoms with E-state index in [9.17, 15) is 4.79 Å². The van der Waals surface area contributed by atoms with E-state index in [1.165, 1.54) is 0 Å². The first-order chi connectivity index (χ1) is 9.60. The highest BCUT2D eigenvalue weighted by Crippen LogP contribution is 2.20. The average molecular weight is 336 g/mol. The molecule has 0 aliphatic carbocycles. The Morgan fingerprint density at radius 1 is 1.20 bits per heavy atom. The van der Waals surface area contributed by atoms with E-state index >= 15 is 0 Å². The highest BCUT2D eigenvalue weighted by atomic mass is 79.9. The van der Waals surface area contributed by atoms with Crippen LogP contribution in [-0.4, -0.2) is 13.1 Å². The van der Waals surface area contributed by atoms with Gasteiger partial charge in [-0.25, -0.2) is 4.79 Å². The molecule has 0 amide bonds. The van der Waals surface area contributed by atoms with Crippen LogP contribution in [0.1, 0.15) is 15.9 Å². The van der Waals surface area contributed by atoms with Gasteiger partial charge in [-0.1, -0.05) is 28.1 Å². The predicted molar refractivity (Wildman–Crippen MR) is 80.7 cm³/mol. The Bertz CT molecular complexity index is 611. The minimum absolute atomic E-state index is 0.193. The van der Waals surface area contributed by atoms with Crippen molar-refractivity contribution in [2.24, 2.45) is 0 Å². The van der Waals surface area contributed by atoms with Crippen molar-refractivity contribution in [3.63, 3.8) is 0 Å². The topological polar surface area (TPSA) is 61.5 Å². The summed E-state index contributed by atoms with van der Waals surface area (Å²) in [6, 6.07) is 12.4. The molecule has 4 nitrogen and oxygen atoms in total. The molecule has 5 heteroatoms. The molecule has 0 atom stereocenters. The molecule has 0 saturated heterocycles. The smallest absolute Gasteiger partial charge is 0.340 e. The number of rotatable bonds is 4. The van der Waals surface area contributed by atoms with E-state index in [4.69, 9.17) is 15.2 Å². The van der Waals surface area contributed by atoms with Crippen molar-refractivity contribution in [2.75, 3.05) is 12.8 Å². The lowest BCUT2D eigenvalue weighted by atomic mass is 10.2. The molecule has 2 aromatic rings. The number of benzene rings is 2. The van der Waals surface area contributed by atoms with Gasteiger partial charge in [-0.05, 0) is 35.9 Å². The predicted octanol–water partition coefficient (Wildman–Crippen LogP) is 3.40. The lowest BCUT2D eigenvalue weighted by Crippen LogP contribution is -2.08. The maximum Gasteiger partial charge on any atom is 0.340 e. The van der Waals surface area contributed by atoms with Gasteiger partial charge in [0.2, 0.25) is 0 Å². The first-order valence-electron chi connectivity index (χ1n) is 5.95. The number of halogens is 1. The SMILES string of the molecule is COc1ccc(COC(=O)c2ccc(Br)cc2N)cc1. The number of anilines is 1. The van der Waals surface area contributed by atoms with E-state index in [0.717, 1.165) is 15.8 Å². The summed E-state index contributed by atoms with van der Waals surface area (Å²) < 4.78 is 11.1. The molecule has 0 aliphatic rings. The molecule has 2 rings (SSSR count). The average Bonchev–Trinajstić information content (AvgIpc) is 2.45. The largest absolute Gasteiger partial charge is 0.497 e. The highest BCUT2D eigenvalue weighted by Gasteiger charge is 2.11. The molecule has 0 bridgehead atoms.